The molecule has 3 aromatic rings. The first-order valence-corrected chi connectivity index (χ1v) is 14.5. The number of methoxy groups -OCH3 is 2. The Labute approximate surface area is 267 Å². The highest BCUT2D eigenvalue weighted by Gasteiger charge is 2.47. The average Bonchev–Trinajstić information content (AvgIpc) is 3.05. The molecule has 5 rings (SSSR count). The smallest absolute Gasteiger partial charge is 0.308 e. The van der Waals surface area contributed by atoms with Crippen molar-refractivity contribution < 1.29 is 73.0 Å². The van der Waals surface area contributed by atoms with E-state index in [9.17, 15) is 40.2 Å². The van der Waals surface area contributed by atoms with Gasteiger partial charge >= 0.3 is 5.97 Å². The molecular weight excluding hydrogens is 628 g/mol. The third kappa shape index (κ3) is 6.92. The fourth-order valence-corrected chi connectivity index (χ4v) is 5.28. The molecule has 0 bridgehead atoms. The molecule has 0 amide bonds. The summed E-state index contributed by atoms with van der Waals surface area (Å²) in [5.41, 5.74) is -0.159. The molecule has 0 aliphatic carbocycles. The van der Waals surface area contributed by atoms with Gasteiger partial charge in [0.25, 0.3) is 0 Å². The maximum Gasteiger partial charge on any atom is 0.308 e. The van der Waals surface area contributed by atoms with Crippen LogP contribution in [0.5, 0.6) is 23.0 Å². The number of benzene rings is 2. The van der Waals surface area contributed by atoms with Crippen molar-refractivity contribution in [2.45, 2.75) is 75.3 Å². The highest BCUT2D eigenvalue weighted by molar-refractivity contribution is 5.92. The summed E-state index contributed by atoms with van der Waals surface area (Å²) in [5.74, 6) is -0.906. The summed E-state index contributed by atoms with van der Waals surface area (Å²) < 4.78 is 44.5. The van der Waals surface area contributed by atoms with E-state index < -0.39 is 79.4 Å². The van der Waals surface area contributed by atoms with Gasteiger partial charge in [-0.2, -0.15) is 0 Å². The zero-order valence-corrected chi connectivity index (χ0v) is 25.7. The molecule has 2 aliphatic rings. The van der Waals surface area contributed by atoms with Crippen molar-refractivity contribution in [1.29, 1.82) is 0 Å². The Morgan fingerprint density at radius 1 is 0.809 bits per heavy atom. The predicted molar refractivity (Wildman–Crippen MR) is 158 cm³/mol. The zero-order valence-electron chi connectivity index (χ0n) is 25.7. The summed E-state index contributed by atoms with van der Waals surface area (Å²) in [5, 5.41) is 62.1. The molecule has 2 saturated heterocycles. The first-order chi connectivity index (χ1) is 22.3. The van der Waals surface area contributed by atoms with E-state index in [0.29, 0.717) is 11.3 Å². The normalized spacial score (nSPS) is 30.9. The Kier molecular flexibility index (Phi) is 10.4. The number of fused-ring (bicyclic) bond motifs is 1. The number of aliphatic hydroxyl groups is 6. The van der Waals surface area contributed by atoms with Crippen molar-refractivity contribution in [3.05, 3.63) is 46.6 Å². The SMILES string of the molecule is COc1ccc(-c2cc(=O)c3c(OC(C)=O)c(OC)c(O[C@@H]4O[C@H](CO[C@@H]5O[C@@H](C)[C@@H](O)[C@@H](O)[C@H]5O)[C@@H](O)[C@H](O)[C@H]4O)cc3o2)cc1. The van der Waals surface area contributed by atoms with E-state index >= 15 is 0 Å². The van der Waals surface area contributed by atoms with Gasteiger partial charge in [-0.3, -0.25) is 9.59 Å². The molecule has 256 valence electrons. The lowest BCUT2D eigenvalue weighted by Crippen LogP contribution is -2.61. The summed E-state index contributed by atoms with van der Waals surface area (Å²) in [6.45, 7) is 2.03. The summed E-state index contributed by atoms with van der Waals surface area (Å²) in [6, 6.07) is 9.12. The lowest BCUT2D eigenvalue weighted by Gasteiger charge is -2.42. The van der Waals surface area contributed by atoms with E-state index in [0.717, 1.165) is 6.92 Å². The average molecular weight is 665 g/mol. The Balaban J connectivity index is 1.47. The topological polar surface area (TPSA) is 233 Å². The molecule has 10 atom stereocenters. The zero-order chi connectivity index (χ0) is 34.2. The van der Waals surface area contributed by atoms with Crippen LogP contribution in [-0.4, -0.2) is 119 Å². The number of hydrogen-bond donors (Lipinski definition) is 6. The lowest BCUT2D eigenvalue weighted by atomic mass is 9.98. The van der Waals surface area contributed by atoms with Crippen molar-refractivity contribution in [2.24, 2.45) is 0 Å². The van der Waals surface area contributed by atoms with Gasteiger partial charge in [-0.15, -0.1) is 0 Å². The third-order valence-electron chi connectivity index (χ3n) is 7.86. The minimum absolute atomic E-state index is 0.0977. The van der Waals surface area contributed by atoms with Crippen molar-refractivity contribution in [2.75, 3.05) is 20.8 Å². The first-order valence-electron chi connectivity index (χ1n) is 14.5. The minimum Gasteiger partial charge on any atom is -0.497 e. The van der Waals surface area contributed by atoms with Gasteiger partial charge in [0.2, 0.25) is 12.0 Å². The molecule has 2 aliphatic heterocycles. The van der Waals surface area contributed by atoms with Crippen LogP contribution in [0.3, 0.4) is 0 Å². The largest absolute Gasteiger partial charge is 0.497 e. The highest BCUT2D eigenvalue weighted by Crippen LogP contribution is 2.44. The number of carbonyl (C=O) groups excluding carboxylic acids is 1. The number of aliphatic hydroxyl groups excluding tert-OH is 6. The maximum absolute atomic E-state index is 13.4. The van der Waals surface area contributed by atoms with E-state index in [2.05, 4.69) is 0 Å². The van der Waals surface area contributed by atoms with E-state index in [1.165, 1.54) is 33.3 Å². The Bertz CT molecular complexity index is 1620. The fraction of sp³-hybridized carbons (Fsp3) is 0.484. The van der Waals surface area contributed by atoms with Crippen LogP contribution < -0.4 is 24.4 Å². The Hall–Kier alpha value is -3.84. The van der Waals surface area contributed by atoms with Crippen LogP contribution in [-0.2, 0) is 19.0 Å². The Morgan fingerprint density at radius 2 is 1.47 bits per heavy atom. The van der Waals surface area contributed by atoms with Crippen molar-refractivity contribution in [3.8, 4) is 34.3 Å². The Morgan fingerprint density at radius 3 is 2.11 bits per heavy atom. The second-order valence-electron chi connectivity index (χ2n) is 11.1. The second kappa shape index (κ2) is 14.1. The predicted octanol–water partition coefficient (Wildman–Crippen LogP) is -0.567. The molecule has 47 heavy (non-hydrogen) atoms. The van der Waals surface area contributed by atoms with Gasteiger partial charge in [0, 0.05) is 24.6 Å². The van der Waals surface area contributed by atoms with Gasteiger partial charge in [0.05, 0.1) is 26.9 Å². The number of hydrogen-bond acceptors (Lipinski definition) is 16. The number of ether oxygens (including phenoxy) is 7. The first kappa shape index (κ1) is 34.5. The molecule has 2 aromatic carbocycles. The van der Waals surface area contributed by atoms with Crippen LogP contribution in [0.4, 0.5) is 0 Å². The van der Waals surface area contributed by atoms with Crippen LogP contribution in [0, 0.1) is 0 Å². The molecule has 2 fully saturated rings. The van der Waals surface area contributed by atoms with Gasteiger partial charge in [-0.1, -0.05) is 0 Å². The van der Waals surface area contributed by atoms with E-state index in [-0.39, 0.29) is 34.0 Å². The van der Waals surface area contributed by atoms with Crippen LogP contribution in [0.2, 0.25) is 0 Å². The highest BCUT2D eigenvalue weighted by atomic mass is 16.7. The van der Waals surface area contributed by atoms with Gasteiger partial charge in [-0.25, -0.2) is 0 Å². The molecule has 16 heteroatoms. The van der Waals surface area contributed by atoms with Crippen LogP contribution in [0.15, 0.2) is 45.6 Å². The monoisotopic (exact) mass is 664 g/mol. The summed E-state index contributed by atoms with van der Waals surface area (Å²) >= 11 is 0. The molecule has 0 unspecified atom stereocenters. The molecule has 3 heterocycles. The quantitative estimate of drug-likeness (QED) is 0.124. The number of rotatable bonds is 9. The third-order valence-corrected chi connectivity index (χ3v) is 7.86. The standard InChI is InChI=1S/C31H36O16/c1-12-22(34)24(36)26(38)30(43-12)42-11-20-23(35)25(37)27(39)31(47-20)46-19-10-18-21(29(28(19)41-4)44-13(2)32)16(33)9-17(45-18)14-5-7-15(40-3)8-6-14/h5-10,12,20,22-27,30-31,34-39H,11H2,1-4H3/t12-,20+,22+,23+,24+,25-,26+,27+,30+,31+/m0/s1. The number of esters is 1. The molecule has 16 nitrogen and oxygen atoms in total. The lowest BCUT2D eigenvalue weighted by molar-refractivity contribution is -0.318. The van der Waals surface area contributed by atoms with Gasteiger partial charge in [0.15, 0.2) is 23.2 Å². The van der Waals surface area contributed by atoms with Gasteiger partial charge in [-0.05, 0) is 31.2 Å². The summed E-state index contributed by atoms with van der Waals surface area (Å²) in [7, 11) is 2.72. The molecule has 1 aromatic heterocycles. The molecular formula is C31H36O16. The van der Waals surface area contributed by atoms with E-state index in [1.54, 1.807) is 24.3 Å². The molecule has 0 radical (unpaired) electrons. The van der Waals surface area contributed by atoms with E-state index in [4.69, 9.17) is 37.6 Å². The summed E-state index contributed by atoms with van der Waals surface area (Å²) in [6.07, 6.45) is -15.4. The minimum atomic E-state index is -1.84. The van der Waals surface area contributed by atoms with Gasteiger partial charge in [0.1, 0.15) is 65.2 Å². The van der Waals surface area contributed by atoms with Crippen LogP contribution in [0.25, 0.3) is 22.3 Å². The van der Waals surface area contributed by atoms with Crippen molar-refractivity contribution in [1.82, 2.24) is 0 Å². The van der Waals surface area contributed by atoms with Gasteiger partial charge < -0.3 is 68.2 Å². The van der Waals surface area contributed by atoms with Crippen LogP contribution in [0.1, 0.15) is 13.8 Å². The van der Waals surface area contributed by atoms with Crippen molar-refractivity contribution in [3.63, 3.8) is 0 Å². The van der Waals surface area contributed by atoms with Crippen molar-refractivity contribution >= 4 is 16.9 Å². The molecule has 6 N–H and O–H groups in total. The fourth-order valence-electron chi connectivity index (χ4n) is 5.28. The van der Waals surface area contributed by atoms with E-state index in [1.807, 2.05) is 0 Å². The summed E-state index contributed by atoms with van der Waals surface area (Å²) in [4.78, 5) is 25.4. The van der Waals surface area contributed by atoms with Crippen LogP contribution >= 0.6 is 0 Å². The maximum atomic E-state index is 13.4. The second-order valence-corrected chi connectivity index (χ2v) is 11.1. The molecule has 0 spiro atoms. The number of carbonyl (C=O) groups is 1. The molecule has 0 saturated carbocycles.